The molecule has 0 spiro atoms. The highest BCUT2D eigenvalue weighted by Crippen LogP contribution is 2.34. The SMILES string of the molecule is [NH3+]c1ccc(/C=C/C(=O)NCc2cc3cc(-c4ccc(S(=O)(=O)N5CC[C@@H](F)C5)cc4)cc(Cl)c3o2)c[nH+]1. The molecule has 1 saturated heterocycles. The van der Waals surface area contributed by atoms with Crippen molar-refractivity contribution in [1.29, 1.82) is 0 Å². The number of carbonyl (C=O) groups is 1. The summed E-state index contributed by atoms with van der Waals surface area (Å²) in [6, 6.07) is 15.5. The van der Waals surface area contributed by atoms with Crippen molar-refractivity contribution in [3.05, 3.63) is 83.2 Å². The molecule has 1 fully saturated rings. The van der Waals surface area contributed by atoms with Crippen molar-refractivity contribution in [3.63, 3.8) is 0 Å². The van der Waals surface area contributed by atoms with Gasteiger partial charge in [-0.15, -0.1) is 0 Å². The summed E-state index contributed by atoms with van der Waals surface area (Å²) in [6.07, 6.45) is 3.96. The number of H-pyrrole nitrogens is 1. The van der Waals surface area contributed by atoms with E-state index in [1.165, 1.54) is 22.5 Å². The predicted octanol–water partition coefficient (Wildman–Crippen LogP) is 3.50. The maximum atomic E-state index is 13.5. The Hall–Kier alpha value is -3.57. The van der Waals surface area contributed by atoms with Crippen molar-refractivity contribution < 1.29 is 32.7 Å². The molecule has 1 aliphatic rings. The quantitative estimate of drug-likeness (QED) is 0.338. The number of amides is 1. The molecule has 0 aliphatic carbocycles. The molecule has 38 heavy (non-hydrogen) atoms. The first-order valence-corrected chi connectivity index (χ1v) is 13.8. The van der Waals surface area contributed by atoms with Crippen LogP contribution in [0.4, 0.5) is 10.2 Å². The fourth-order valence-corrected chi connectivity index (χ4v) is 6.02. The molecule has 4 aromatic rings. The topological polar surface area (TPSA) is 121 Å². The highest BCUT2D eigenvalue weighted by Gasteiger charge is 2.32. The van der Waals surface area contributed by atoms with E-state index in [-0.39, 0.29) is 36.9 Å². The van der Waals surface area contributed by atoms with Gasteiger partial charge in [-0.05, 0) is 60.0 Å². The van der Waals surface area contributed by atoms with Crippen LogP contribution in [0.2, 0.25) is 5.02 Å². The Bertz CT molecular complexity index is 1620. The number of halogens is 2. The maximum Gasteiger partial charge on any atom is 0.362 e. The Balaban J connectivity index is 1.28. The van der Waals surface area contributed by atoms with Crippen LogP contribution < -0.4 is 16.0 Å². The van der Waals surface area contributed by atoms with Crippen LogP contribution in [0.5, 0.6) is 0 Å². The van der Waals surface area contributed by atoms with Crippen LogP contribution in [0.1, 0.15) is 17.7 Å². The van der Waals surface area contributed by atoms with Gasteiger partial charge in [-0.25, -0.2) is 12.8 Å². The Morgan fingerprint density at radius 2 is 1.97 bits per heavy atom. The lowest BCUT2D eigenvalue weighted by molar-refractivity contribution is -0.477. The molecule has 11 heteroatoms. The zero-order valence-corrected chi connectivity index (χ0v) is 21.9. The van der Waals surface area contributed by atoms with Gasteiger partial charge in [0.1, 0.15) is 11.9 Å². The van der Waals surface area contributed by atoms with Gasteiger partial charge in [-0.3, -0.25) is 10.5 Å². The van der Waals surface area contributed by atoms with E-state index in [1.807, 2.05) is 18.2 Å². The number of hydrogen-bond donors (Lipinski definition) is 2. The van der Waals surface area contributed by atoms with E-state index in [0.29, 0.717) is 16.4 Å². The normalized spacial score (nSPS) is 16.4. The fraction of sp³-hybridized carbons (Fsp3) is 0.185. The van der Waals surface area contributed by atoms with Crippen molar-refractivity contribution in [3.8, 4) is 11.1 Å². The van der Waals surface area contributed by atoms with Gasteiger partial charge >= 0.3 is 5.82 Å². The van der Waals surface area contributed by atoms with Gasteiger partial charge in [-0.1, -0.05) is 23.7 Å². The number of benzene rings is 2. The smallest absolute Gasteiger partial charge is 0.362 e. The van der Waals surface area contributed by atoms with Gasteiger partial charge in [0, 0.05) is 30.1 Å². The average Bonchev–Trinajstić information content (AvgIpc) is 3.54. The van der Waals surface area contributed by atoms with Crippen LogP contribution in [-0.2, 0) is 21.4 Å². The Morgan fingerprint density at radius 1 is 1.18 bits per heavy atom. The molecule has 0 bridgehead atoms. The monoisotopic (exact) mass is 556 g/mol. The molecular formula is C27H26ClFN4O4S+2. The lowest BCUT2D eigenvalue weighted by Crippen LogP contribution is -2.46. The number of nitrogens with zero attached hydrogens (tertiary/aromatic N) is 1. The number of aromatic nitrogens is 1. The number of alkyl halides is 1. The zero-order chi connectivity index (χ0) is 26.9. The Kier molecular flexibility index (Phi) is 7.31. The van der Waals surface area contributed by atoms with Gasteiger partial charge in [0.2, 0.25) is 15.9 Å². The lowest BCUT2D eigenvalue weighted by Gasteiger charge is -2.15. The van der Waals surface area contributed by atoms with Gasteiger partial charge in [0.25, 0.3) is 0 Å². The molecule has 0 radical (unpaired) electrons. The molecule has 3 heterocycles. The maximum absolute atomic E-state index is 13.5. The number of rotatable bonds is 7. The van der Waals surface area contributed by atoms with Gasteiger partial charge < -0.3 is 9.73 Å². The van der Waals surface area contributed by atoms with Crippen LogP contribution >= 0.6 is 11.6 Å². The summed E-state index contributed by atoms with van der Waals surface area (Å²) in [5, 5.41) is 3.92. The number of nitrogens with one attached hydrogen (secondary N) is 2. The van der Waals surface area contributed by atoms with E-state index in [9.17, 15) is 17.6 Å². The van der Waals surface area contributed by atoms with Crippen LogP contribution in [0.25, 0.3) is 28.2 Å². The van der Waals surface area contributed by atoms with E-state index >= 15 is 0 Å². The van der Waals surface area contributed by atoms with Gasteiger partial charge in [-0.2, -0.15) is 9.29 Å². The summed E-state index contributed by atoms with van der Waals surface area (Å²) in [7, 11) is -3.74. The second-order valence-corrected chi connectivity index (χ2v) is 11.4. The number of furan rings is 1. The first-order chi connectivity index (χ1) is 18.2. The third-order valence-electron chi connectivity index (χ3n) is 6.31. The summed E-state index contributed by atoms with van der Waals surface area (Å²) in [6.45, 7) is 0.246. The molecular weight excluding hydrogens is 531 g/mol. The number of carbonyl (C=O) groups excluding carboxylic acids is 1. The zero-order valence-electron chi connectivity index (χ0n) is 20.3. The molecule has 5 N–H and O–H groups in total. The molecule has 0 unspecified atom stereocenters. The molecule has 196 valence electrons. The molecule has 5 rings (SSSR count). The van der Waals surface area contributed by atoms with Gasteiger partial charge in [0.15, 0.2) is 11.8 Å². The number of aromatic amines is 1. The van der Waals surface area contributed by atoms with Crippen molar-refractivity contribution >= 4 is 50.4 Å². The molecule has 2 aromatic heterocycles. The highest BCUT2D eigenvalue weighted by molar-refractivity contribution is 7.89. The average molecular weight is 557 g/mol. The van der Waals surface area contributed by atoms with E-state index in [1.54, 1.807) is 36.5 Å². The van der Waals surface area contributed by atoms with E-state index in [0.717, 1.165) is 27.9 Å². The summed E-state index contributed by atoms with van der Waals surface area (Å²) >= 11 is 6.48. The van der Waals surface area contributed by atoms with Crippen LogP contribution in [0.3, 0.4) is 0 Å². The minimum Gasteiger partial charge on any atom is -0.458 e. The summed E-state index contributed by atoms with van der Waals surface area (Å²) in [5.74, 6) is 1.04. The molecule has 1 amide bonds. The largest absolute Gasteiger partial charge is 0.458 e. The molecule has 0 saturated carbocycles. The lowest BCUT2D eigenvalue weighted by atomic mass is 10.0. The molecule has 8 nitrogen and oxygen atoms in total. The van der Waals surface area contributed by atoms with Crippen LogP contribution in [0.15, 0.2) is 76.2 Å². The molecule has 1 aliphatic heterocycles. The fourth-order valence-electron chi connectivity index (χ4n) is 4.27. The number of fused-ring (bicyclic) bond motifs is 1. The molecule has 1 atom stereocenters. The number of quaternary nitrogens is 1. The number of sulfonamides is 1. The highest BCUT2D eigenvalue weighted by atomic mass is 35.5. The third-order valence-corrected chi connectivity index (χ3v) is 8.47. The van der Waals surface area contributed by atoms with Crippen molar-refractivity contribution in [1.82, 2.24) is 9.62 Å². The summed E-state index contributed by atoms with van der Waals surface area (Å²) in [5.41, 5.74) is 6.66. The van der Waals surface area contributed by atoms with E-state index < -0.39 is 16.2 Å². The first kappa shape index (κ1) is 26.1. The second kappa shape index (κ2) is 10.7. The predicted molar refractivity (Wildman–Crippen MR) is 141 cm³/mol. The number of hydrogen-bond acceptors (Lipinski definition) is 4. The van der Waals surface area contributed by atoms with Crippen molar-refractivity contribution in [2.75, 3.05) is 13.1 Å². The van der Waals surface area contributed by atoms with Crippen molar-refractivity contribution in [2.45, 2.75) is 24.0 Å². The standard InChI is InChI=1S/C27H24ClFN4O4S/c28-24-13-19(18-3-5-23(6-4-18)38(35,36)33-10-9-21(29)16-33)11-20-12-22(37-27(20)24)15-32-26(34)8-2-17-1-7-25(30)31-14-17/h1-8,11-14,21H,9-10,15-16H2,(H2,30,31)(H,32,34)/p+2/b8-2+/t21-/m1/s1. The molecule has 2 aromatic carbocycles. The minimum atomic E-state index is -3.74. The van der Waals surface area contributed by atoms with Crippen molar-refractivity contribution in [2.24, 2.45) is 0 Å². The third kappa shape index (κ3) is 5.63. The second-order valence-electron chi connectivity index (χ2n) is 9.06. The number of pyridine rings is 1. The van der Waals surface area contributed by atoms with Gasteiger partial charge in [0.05, 0.1) is 22.5 Å². The minimum absolute atomic E-state index is 0.112. The summed E-state index contributed by atoms with van der Waals surface area (Å²) < 4.78 is 46.1. The first-order valence-electron chi connectivity index (χ1n) is 12.0. The van der Waals surface area contributed by atoms with E-state index in [4.69, 9.17) is 16.0 Å². The summed E-state index contributed by atoms with van der Waals surface area (Å²) in [4.78, 5) is 15.3. The van der Waals surface area contributed by atoms with Crippen LogP contribution in [-0.4, -0.2) is 37.9 Å². The Morgan fingerprint density at radius 3 is 2.66 bits per heavy atom. The van der Waals surface area contributed by atoms with E-state index in [2.05, 4.69) is 16.0 Å². The Labute approximate surface area is 224 Å². The van der Waals surface area contributed by atoms with Crippen LogP contribution in [0, 0.1) is 0 Å².